The zero-order valence-electron chi connectivity index (χ0n) is 15.3. The molecule has 4 aromatic rings. The van der Waals surface area contributed by atoms with E-state index in [0.29, 0.717) is 35.9 Å². The van der Waals surface area contributed by atoms with E-state index < -0.39 is 0 Å². The van der Waals surface area contributed by atoms with Gasteiger partial charge in [-0.15, -0.1) is 0 Å². The number of rotatable bonds is 6. The van der Waals surface area contributed by atoms with Gasteiger partial charge in [0, 0.05) is 30.8 Å². The van der Waals surface area contributed by atoms with Gasteiger partial charge in [-0.2, -0.15) is 5.10 Å². The average Bonchev–Trinajstić information content (AvgIpc) is 3.38. The number of H-pyrrole nitrogens is 1. The lowest BCUT2D eigenvalue weighted by atomic mass is 10.1. The lowest BCUT2D eigenvalue weighted by Crippen LogP contribution is -2.26. The van der Waals surface area contributed by atoms with Crippen molar-refractivity contribution in [2.75, 3.05) is 6.54 Å². The van der Waals surface area contributed by atoms with Crippen LogP contribution in [0.3, 0.4) is 0 Å². The number of hydrogen-bond donors (Lipinski definition) is 2. The zero-order valence-corrected chi connectivity index (χ0v) is 15.3. The maximum absolute atomic E-state index is 12.3. The van der Waals surface area contributed by atoms with Crippen LogP contribution in [-0.4, -0.2) is 32.6 Å². The molecule has 0 aliphatic heterocycles. The third-order valence-corrected chi connectivity index (χ3v) is 4.23. The Hall–Kier alpha value is -3.74. The summed E-state index contributed by atoms with van der Waals surface area (Å²) in [6, 6.07) is 17.2. The predicted molar refractivity (Wildman–Crippen MR) is 105 cm³/mol. The summed E-state index contributed by atoms with van der Waals surface area (Å²) in [5, 5.41) is 9.72. The molecule has 0 saturated carbocycles. The van der Waals surface area contributed by atoms with E-state index in [9.17, 15) is 4.79 Å². The first-order valence-corrected chi connectivity index (χ1v) is 8.97. The number of aromatic nitrogens is 4. The molecule has 2 N–H and O–H groups in total. The zero-order chi connectivity index (χ0) is 19.3. The van der Waals surface area contributed by atoms with E-state index in [0.717, 1.165) is 17.0 Å². The molecule has 3 heterocycles. The van der Waals surface area contributed by atoms with E-state index in [2.05, 4.69) is 25.5 Å². The molecule has 7 nitrogen and oxygen atoms in total. The molecule has 3 aromatic heterocycles. The van der Waals surface area contributed by atoms with Crippen LogP contribution in [0.15, 0.2) is 65.2 Å². The summed E-state index contributed by atoms with van der Waals surface area (Å²) < 4.78 is 5.53. The third kappa shape index (κ3) is 3.98. The van der Waals surface area contributed by atoms with Gasteiger partial charge in [0.15, 0.2) is 11.5 Å². The van der Waals surface area contributed by atoms with Crippen LogP contribution in [0.4, 0.5) is 0 Å². The summed E-state index contributed by atoms with van der Waals surface area (Å²) in [7, 11) is 0. The second-order valence-corrected chi connectivity index (χ2v) is 6.31. The summed E-state index contributed by atoms with van der Waals surface area (Å²) in [5.74, 6) is 1.86. The van der Waals surface area contributed by atoms with E-state index in [1.54, 1.807) is 12.3 Å². The van der Waals surface area contributed by atoms with Gasteiger partial charge in [0.2, 0.25) is 0 Å². The van der Waals surface area contributed by atoms with Gasteiger partial charge in [-0.3, -0.25) is 9.89 Å². The molecule has 0 fully saturated rings. The molecule has 0 spiro atoms. The molecule has 0 radical (unpaired) electrons. The lowest BCUT2D eigenvalue weighted by molar-refractivity contribution is 0.0949. The third-order valence-electron chi connectivity index (χ3n) is 4.23. The Bertz CT molecular complexity index is 1080. The van der Waals surface area contributed by atoms with Crippen molar-refractivity contribution in [2.45, 2.75) is 13.3 Å². The number of carbonyl (C=O) groups is 1. The fraction of sp³-hybridized carbons (Fsp3) is 0.143. The summed E-state index contributed by atoms with van der Waals surface area (Å²) >= 11 is 0. The van der Waals surface area contributed by atoms with Gasteiger partial charge in [0.25, 0.3) is 5.91 Å². The van der Waals surface area contributed by atoms with Crippen molar-refractivity contribution in [1.29, 1.82) is 0 Å². The molecule has 0 unspecified atom stereocenters. The molecule has 0 bridgehead atoms. The van der Waals surface area contributed by atoms with E-state index in [4.69, 9.17) is 4.42 Å². The van der Waals surface area contributed by atoms with Crippen molar-refractivity contribution < 1.29 is 9.21 Å². The smallest absolute Gasteiger partial charge is 0.271 e. The van der Waals surface area contributed by atoms with Crippen molar-refractivity contribution in [3.8, 4) is 22.7 Å². The average molecular weight is 373 g/mol. The quantitative estimate of drug-likeness (QED) is 0.540. The van der Waals surface area contributed by atoms with Gasteiger partial charge in [0.1, 0.15) is 17.3 Å². The van der Waals surface area contributed by atoms with Gasteiger partial charge >= 0.3 is 0 Å². The Kier molecular flexibility index (Phi) is 4.97. The molecule has 0 aliphatic rings. The molecular weight excluding hydrogens is 354 g/mol. The second kappa shape index (κ2) is 7.87. The highest BCUT2D eigenvalue weighted by Crippen LogP contribution is 2.20. The Morgan fingerprint density at radius 3 is 2.79 bits per heavy atom. The van der Waals surface area contributed by atoms with E-state index in [1.807, 2.05) is 55.5 Å². The number of carbonyl (C=O) groups excluding carboxylic acids is 1. The van der Waals surface area contributed by atoms with Gasteiger partial charge < -0.3 is 9.73 Å². The van der Waals surface area contributed by atoms with Crippen LogP contribution in [0.5, 0.6) is 0 Å². The first-order valence-electron chi connectivity index (χ1n) is 8.97. The summed E-state index contributed by atoms with van der Waals surface area (Å²) in [6.07, 6.45) is 2.26. The van der Waals surface area contributed by atoms with Crippen LogP contribution in [0.1, 0.15) is 22.1 Å². The summed E-state index contributed by atoms with van der Waals surface area (Å²) in [5.41, 5.74) is 2.87. The highest BCUT2D eigenvalue weighted by Gasteiger charge is 2.13. The van der Waals surface area contributed by atoms with Crippen LogP contribution in [0, 0.1) is 6.92 Å². The summed E-state index contributed by atoms with van der Waals surface area (Å²) in [4.78, 5) is 21.2. The van der Waals surface area contributed by atoms with Gasteiger partial charge in [-0.05, 0) is 25.1 Å². The SMILES string of the molecule is Cc1ccc(-c2cc(C(=O)NCCc3nccc(-c4ccccc4)n3)n[nH]2)o1. The molecule has 1 aromatic carbocycles. The fourth-order valence-electron chi connectivity index (χ4n) is 2.81. The lowest BCUT2D eigenvalue weighted by Gasteiger charge is -2.05. The minimum Gasteiger partial charge on any atom is -0.460 e. The topological polar surface area (TPSA) is 96.7 Å². The number of benzene rings is 1. The summed E-state index contributed by atoms with van der Waals surface area (Å²) in [6.45, 7) is 2.28. The van der Waals surface area contributed by atoms with E-state index in [1.165, 1.54) is 0 Å². The molecule has 28 heavy (non-hydrogen) atoms. The second-order valence-electron chi connectivity index (χ2n) is 6.31. The Balaban J connectivity index is 1.35. The minimum atomic E-state index is -0.259. The largest absolute Gasteiger partial charge is 0.460 e. The Morgan fingerprint density at radius 1 is 1.14 bits per heavy atom. The van der Waals surface area contributed by atoms with Crippen molar-refractivity contribution in [1.82, 2.24) is 25.5 Å². The maximum atomic E-state index is 12.3. The van der Waals surface area contributed by atoms with Crippen molar-refractivity contribution in [3.05, 3.63) is 78.1 Å². The van der Waals surface area contributed by atoms with Crippen molar-refractivity contribution in [3.63, 3.8) is 0 Å². The van der Waals surface area contributed by atoms with Crippen LogP contribution >= 0.6 is 0 Å². The first kappa shape index (κ1) is 17.7. The molecular formula is C21H19N5O2. The van der Waals surface area contributed by atoms with Gasteiger partial charge in [0.05, 0.1) is 5.69 Å². The highest BCUT2D eigenvalue weighted by molar-refractivity contribution is 5.93. The Morgan fingerprint density at radius 2 is 2.00 bits per heavy atom. The molecule has 7 heteroatoms. The normalized spacial score (nSPS) is 10.8. The first-order chi connectivity index (χ1) is 13.7. The van der Waals surface area contributed by atoms with Crippen molar-refractivity contribution >= 4 is 5.91 Å². The van der Waals surface area contributed by atoms with Gasteiger partial charge in [-0.25, -0.2) is 9.97 Å². The van der Waals surface area contributed by atoms with Gasteiger partial charge in [-0.1, -0.05) is 30.3 Å². The van der Waals surface area contributed by atoms with E-state index in [-0.39, 0.29) is 5.91 Å². The molecule has 0 aliphatic carbocycles. The molecule has 0 atom stereocenters. The number of hydrogen-bond acceptors (Lipinski definition) is 5. The number of aromatic amines is 1. The predicted octanol–water partition coefficient (Wildman–Crippen LogP) is 3.41. The standard InChI is InChI=1S/C21H19N5O2/c1-14-7-8-19(28-14)17-13-18(26-25-17)21(27)23-12-10-20-22-11-9-16(24-20)15-5-3-2-4-6-15/h2-9,11,13H,10,12H2,1H3,(H,23,27)(H,25,26). The minimum absolute atomic E-state index is 0.259. The number of nitrogens with one attached hydrogen (secondary N) is 2. The molecule has 140 valence electrons. The fourth-order valence-corrected chi connectivity index (χ4v) is 2.81. The number of aryl methyl sites for hydroxylation is 1. The van der Waals surface area contributed by atoms with Crippen molar-refractivity contribution in [2.24, 2.45) is 0 Å². The highest BCUT2D eigenvalue weighted by atomic mass is 16.3. The van der Waals surface area contributed by atoms with Crippen LogP contribution in [0.25, 0.3) is 22.7 Å². The maximum Gasteiger partial charge on any atom is 0.271 e. The van der Waals surface area contributed by atoms with Crippen LogP contribution in [-0.2, 0) is 6.42 Å². The molecule has 1 amide bonds. The monoisotopic (exact) mass is 373 g/mol. The number of nitrogens with zero attached hydrogens (tertiary/aromatic N) is 3. The van der Waals surface area contributed by atoms with Crippen LogP contribution < -0.4 is 5.32 Å². The number of furan rings is 1. The molecule has 0 saturated heterocycles. The number of amides is 1. The van der Waals surface area contributed by atoms with Crippen LogP contribution in [0.2, 0.25) is 0 Å². The Labute approximate surface area is 161 Å². The van der Waals surface area contributed by atoms with E-state index >= 15 is 0 Å². The molecule has 4 rings (SSSR count).